The molecule has 1 N–H and O–H groups in total. The zero-order valence-electron chi connectivity index (χ0n) is 12.7. The van der Waals surface area contributed by atoms with Crippen molar-refractivity contribution in [1.29, 1.82) is 0 Å². The van der Waals surface area contributed by atoms with Gasteiger partial charge < -0.3 is 10.1 Å². The van der Waals surface area contributed by atoms with Gasteiger partial charge in [-0.25, -0.2) is 4.39 Å². The lowest BCUT2D eigenvalue weighted by Crippen LogP contribution is -2.23. The largest absolute Gasteiger partial charge is 0.494 e. The number of ether oxygens (including phenoxy) is 1. The highest BCUT2D eigenvalue weighted by atomic mass is 19.1. The summed E-state index contributed by atoms with van der Waals surface area (Å²) in [6.45, 7) is 4.92. The number of aryl methyl sites for hydroxylation is 1. The van der Waals surface area contributed by atoms with Crippen molar-refractivity contribution in [2.75, 3.05) is 13.7 Å². The number of nitrogens with zero attached hydrogens (tertiary/aromatic N) is 1. The molecule has 3 nitrogen and oxygen atoms in total. The molecule has 21 heavy (non-hydrogen) atoms. The van der Waals surface area contributed by atoms with E-state index in [9.17, 15) is 4.39 Å². The third kappa shape index (κ3) is 3.79. The summed E-state index contributed by atoms with van der Waals surface area (Å²) >= 11 is 0. The molecule has 1 heterocycles. The van der Waals surface area contributed by atoms with Gasteiger partial charge in [0.25, 0.3) is 0 Å². The van der Waals surface area contributed by atoms with Gasteiger partial charge in [-0.1, -0.05) is 13.0 Å². The van der Waals surface area contributed by atoms with E-state index < -0.39 is 0 Å². The number of halogens is 1. The molecular formula is C17H21FN2O. The van der Waals surface area contributed by atoms with Gasteiger partial charge in [-0.2, -0.15) is 0 Å². The second-order valence-electron chi connectivity index (χ2n) is 5.01. The number of nitrogens with one attached hydrogen (secondary N) is 1. The fourth-order valence-electron chi connectivity index (χ4n) is 2.33. The highest BCUT2D eigenvalue weighted by Crippen LogP contribution is 2.26. The van der Waals surface area contributed by atoms with Crippen LogP contribution in [0.4, 0.5) is 4.39 Å². The predicted octanol–water partition coefficient (Wildman–Crippen LogP) is 3.63. The van der Waals surface area contributed by atoms with Gasteiger partial charge in [-0.15, -0.1) is 0 Å². The maximum absolute atomic E-state index is 14.0. The Labute approximate surface area is 125 Å². The highest BCUT2D eigenvalue weighted by molar-refractivity contribution is 5.36. The summed E-state index contributed by atoms with van der Waals surface area (Å²) in [5, 5.41) is 3.46. The molecule has 0 fully saturated rings. The Hall–Kier alpha value is -1.94. The Morgan fingerprint density at radius 1 is 1.24 bits per heavy atom. The van der Waals surface area contributed by atoms with Crippen molar-refractivity contribution in [3.05, 3.63) is 59.2 Å². The summed E-state index contributed by atoms with van der Waals surface area (Å²) in [7, 11) is 1.47. The number of benzene rings is 1. The van der Waals surface area contributed by atoms with Crippen LogP contribution in [0.25, 0.3) is 0 Å². The topological polar surface area (TPSA) is 34.2 Å². The number of hydrogen-bond acceptors (Lipinski definition) is 3. The smallest absolute Gasteiger partial charge is 0.165 e. The molecule has 0 saturated carbocycles. The molecule has 1 aromatic carbocycles. The quantitative estimate of drug-likeness (QED) is 0.881. The van der Waals surface area contributed by atoms with Crippen LogP contribution in [0.5, 0.6) is 5.75 Å². The number of rotatable bonds is 6. The van der Waals surface area contributed by atoms with E-state index >= 15 is 0 Å². The second-order valence-corrected chi connectivity index (χ2v) is 5.01. The first-order valence-electron chi connectivity index (χ1n) is 7.15. The van der Waals surface area contributed by atoms with E-state index in [1.807, 2.05) is 25.1 Å². The Kier molecular flexibility index (Phi) is 5.28. The first kappa shape index (κ1) is 15.4. The van der Waals surface area contributed by atoms with Gasteiger partial charge in [0.1, 0.15) is 0 Å². The van der Waals surface area contributed by atoms with Crippen molar-refractivity contribution in [3.8, 4) is 5.75 Å². The molecule has 4 heteroatoms. The number of hydrogen-bond donors (Lipinski definition) is 1. The van der Waals surface area contributed by atoms with Gasteiger partial charge in [0, 0.05) is 11.9 Å². The summed E-state index contributed by atoms with van der Waals surface area (Å²) in [6, 6.07) is 9.02. The van der Waals surface area contributed by atoms with Crippen LogP contribution < -0.4 is 10.1 Å². The fraction of sp³-hybridized carbons (Fsp3) is 0.353. The van der Waals surface area contributed by atoms with Gasteiger partial charge in [0.15, 0.2) is 11.6 Å². The Balaban J connectivity index is 2.37. The monoisotopic (exact) mass is 288 g/mol. The molecule has 0 bridgehead atoms. The lowest BCUT2D eigenvalue weighted by molar-refractivity contribution is 0.385. The standard InChI is InChI=1S/C17H21FN2O/c1-4-8-20-17(14-7-9-19-12(2)10-14)13-5-6-16(21-3)15(18)11-13/h5-7,9-11,17,20H,4,8H2,1-3H3. The third-order valence-electron chi connectivity index (χ3n) is 3.36. The second kappa shape index (κ2) is 7.18. The molecule has 1 aromatic heterocycles. The van der Waals surface area contributed by atoms with Crippen LogP contribution >= 0.6 is 0 Å². The molecule has 1 atom stereocenters. The van der Waals surface area contributed by atoms with Gasteiger partial charge in [0.05, 0.1) is 13.2 Å². The van der Waals surface area contributed by atoms with Crippen molar-refractivity contribution in [1.82, 2.24) is 10.3 Å². The molecule has 0 spiro atoms. The van der Waals surface area contributed by atoms with Crippen LogP contribution in [0.2, 0.25) is 0 Å². The van der Waals surface area contributed by atoms with Gasteiger partial charge in [0.2, 0.25) is 0 Å². The minimum absolute atomic E-state index is 0.0490. The van der Waals surface area contributed by atoms with Crippen LogP contribution in [0.3, 0.4) is 0 Å². The number of pyridine rings is 1. The highest BCUT2D eigenvalue weighted by Gasteiger charge is 2.15. The first-order valence-corrected chi connectivity index (χ1v) is 7.15. The average molecular weight is 288 g/mol. The number of aromatic nitrogens is 1. The maximum Gasteiger partial charge on any atom is 0.165 e. The van der Waals surface area contributed by atoms with Crippen molar-refractivity contribution in [3.63, 3.8) is 0 Å². The van der Waals surface area contributed by atoms with Crippen LogP contribution in [0, 0.1) is 12.7 Å². The lowest BCUT2D eigenvalue weighted by atomic mass is 9.98. The first-order chi connectivity index (χ1) is 10.2. The Morgan fingerprint density at radius 3 is 2.62 bits per heavy atom. The molecule has 0 aliphatic carbocycles. The molecule has 0 radical (unpaired) electrons. The van der Waals surface area contributed by atoms with Crippen LogP contribution in [0.1, 0.15) is 36.2 Å². The molecule has 0 aliphatic heterocycles. The summed E-state index contributed by atoms with van der Waals surface area (Å²) in [6.07, 6.45) is 2.80. The maximum atomic E-state index is 14.0. The molecule has 2 aromatic rings. The summed E-state index contributed by atoms with van der Waals surface area (Å²) in [4.78, 5) is 4.22. The SMILES string of the molecule is CCCNC(c1ccnc(C)c1)c1ccc(OC)c(F)c1. The molecule has 112 valence electrons. The van der Waals surface area contributed by atoms with Crippen LogP contribution in [0.15, 0.2) is 36.5 Å². The molecule has 0 aliphatic rings. The Morgan fingerprint density at radius 2 is 2.00 bits per heavy atom. The van der Waals surface area contributed by atoms with E-state index in [2.05, 4.69) is 17.2 Å². The van der Waals surface area contributed by atoms with Crippen molar-refractivity contribution >= 4 is 0 Å². The van der Waals surface area contributed by atoms with E-state index in [1.165, 1.54) is 13.2 Å². The van der Waals surface area contributed by atoms with E-state index in [1.54, 1.807) is 12.3 Å². The van der Waals surface area contributed by atoms with Gasteiger partial charge >= 0.3 is 0 Å². The zero-order valence-corrected chi connectivity index (χ0v) is 12.7. The fourth-order valence-corrected chi connectivity index (χ4v) is 2.33. The summed E-state index contributed by atoms with van der Waals surface area (Å²) in [5.41, 5.74) is 2.91. The molecule has 1 unspecified atom stereocenters. The molecule has 0 saturated heterocycles. The van der Waals surface area contributed by atoms with Crippen molar-refractivity contribution < 1.29 is 9.13 Å². The molecule has 0 amide bonds. The van der Waals surface area contributed by atoms with Crippen molar-refractivity contribution in [2.45, 2.75) is 26.3 Å². The van der Waals surface area contributed by atoms with Crippen molar-refractivity contribution in [2.24, 2.45) is 0 Å². The minimum atomic E-state index is -0.343. The molecule has 2 rings (SSSR count). The van der Waals surface area contributed by atoms with E-state index in [4.69, 9.17) is 4.74 Å². The van der Waals surface area contributed by atoms with Gasteiger partial charge in [-0.3, -0.25) is 4.98 Å². The normalized spacial score (nSPS) is 12.2. The third-order valence-corrected chi connectivity index (χ3v) is 3.36. The van der Waals surface area contributed by atoms with E-state index in [-0.39, 0.29) is 17.6 Å². The van der Waals surface area contributed by atoms with Gasteiger partial charge in [-0.05, 0) is 55.3 Å². The minimum Gasteiger partial charge on any atom is -0.494 e. The average Bonchev–Trinajstić information content (AvgIpc) is 2.48. The van der Waals surface area contributed by atoms with Crippen LogP contribution in [-0.4, -0.2) is 18.6 Å². The summed E-state index contributed by atoms with van der Waals surface area (Å²) < 4.78 is 18.9. The number of methoxy groups -OCH3 is 1. The zero-order chi connectivity index (χ0) is 15.2. The Bertz CT molecular complexity index is 601. The predicted molar refractivity (Wildman–Crippen MR) is 82.1 cm³/mol. The van der Waals surface area contributed by atoms with E-state index in [0.29, 0.717) is 0 Å². The lowest BCUT2D eigenvalue weighted by Gasteiger charge is -2.20. The molecular weight excluding hydrogens is 267 g/mol. The van der Waals surface area contributed by atoms with Crippen LogP contribution in [-0.2, 0) is 0 Å². The summed E-state index contributed by atoms with van der Waals surface area (Å²) in [5.74, 6) is -0.0806. The van der Waals surface area contributed by atoms with E-state index in [0.717, 1.165) is 29.8 Å².